The third-order valence-corrected chi connectivity index (χ3v) is 6.40. The lowest BCUT2D eigenvalue weighted by Gasteiger charge is -2.19. The minimum absolute atomic E-state index is 0.0401. The molecule has 5 rings (SSSR count). The van der Waals surface area contributed by atoms with Crippen molar-refractivity contribution in [3.63, 3.8) is 0 Å². The first-order valence-corrected chi connectivity index (χ1v) is 11.9. The lowest BCUT2D eigenvalue weighted by molar-refractivity contribution is -0.143. The SMILES string of the molecule is Cc1cnc(Nc2cc(NC(=O)N3CC[C@@H](CC(F)(F)F)C3)c(F)cc2C)c(-c2ncnc3nc[nH]c23)c1. The number of fused-ring (bicyclic) bond motifs is 1. The molecule has 4 aromatic rings. The third kappa shape index (κ3) is 5.36. The maximum Gasteiger partial charge on any atom is 0.389 e. The van der Waals surface area contributed by atoms with E-state index >= 15 is 0 Å². The fourth-order valence-corrected chi connectivity index (χ4v) is 4.55. The molecule has 0 aliphatic carbocycles. The number of anilines is 3. The average molecular weight is 529 g/mol. The van der Waals surface area contributed by atoms with Gasteiger partial charge in [0.2, 0.25) is 0 Å². The van der Waals surface area contributed by atoms with E-state index in [0.29, 0.717) is 39.5 Å². The van der Waals surface area contributed by atoms with Crippen molar-refractivity contribution in [3.05, 3.63) is 54.0 Å². The van der Waals surface area contributed by atoms with E-state index in [0.717, 1.165) is 5.56 Å². The third-order valence-electron chi connectivity index (χ3n) is 6.40. The van der Waals surface area contributed by atoms with Gasteiger partial charge in [0.25, 0.3) is 0 Å². The number of rotatable bonds is 5. The van der Waals surface area contributed by atoms with Gasteiger partial charge in [0.15, 0.2) is 5.65 Å². The highest BCUT2D eigenvalue weighted by Gasteiger charge is 2.36. The van der Waals surface area contributed by atoms with Crippen LogP contribution in [0.15, 0.2) is 37.1 Å². The number of likely N-dealkylation sites (tertiary alicyclic amines) is 1. The number of pyridine rings is 1. The number of aryl methyl sites for hydroxylation is 2. The van der Waals surface area contributed by atoms with Crippen molar-refractivity contribution in [1.29, 1.82) is 0 Å². The number of hydrogen-bond acceptors (Lipinski definition) is 6. The fourth-order valence-electron chi connectivity index (χ4n) is 4.55. The van der Waals surface area contributed by atoms with E-state index in [1.54, 1.807) is 13.1 Å². The Morgan fingerprint density at radius 1 is 1.13 bits per heavy atom. The molecule has 3 N–H and O–H groups in total. The first-order chi connectivity index (χ1) is 18.1. The molecule has 2 amide bonds. The first-order valence-electron chi connectivity index (χ1n) is 11.9. The van der Waals surface area contributed by atoms with E-state index in [1.807, 2.05) is 13.0 Å². The molecule has 0 bridgehead atoms. The Labute approximate surface area is 214 Å². The smallest absolute Gasteiger partial charge is 0.341 e. The van der Waals surface area contributed by atoms with Crippen LogP contribution in [0.2, 0.25) is 0 Å². The summed E-state index contributed by atoms with van der Waals surface area (Å²) >= 11 is 0. The van der Waals surface area contributed by atoms with Crippen molar-refractivity contribution in [2.45, 2.75) is 32.9 Å². The molecule has 1 saturated heterocycles. The van der Waals surface area contributed by atoms with E-state index in [1.165, 1.54) is 29.7 Å². The molecule has 3 aromatic heterocycles. The quantitative estimate of drug-likeness (QED) is 0.286. The van der Waals surface area contributed by atoms with Gasteiger partial charge >= 0.3 is 12.2 Å². The second kappa shape index (κ2) is 9.88. The Morgan fingerprint density at radius 3 is 2.74 bits per heavy atom. The lowest BCUT2D eigenvalue weighted by atomic mass is 10.1. The van der Waals surface area contributed by atoms with Gasteiger partial charge in [0, 0.05) is 37.0 Å². The zero-order chi connectivity index (χ0) is 27.0. The zero-order valence-corrected chi connectivity index (χ0v) is 20.5. The summed E-state index contributed by atoms with van der Waals surface area (Å²) in [6.07, 6.45) is -0.414. The van der Waals surface area contributed by atoms with Crippen LogP contribution in [-0.4, -0.2) is 55.1 Å². The molecule has 38 heavy (non-hydrogen) atoms. The number of H-pyrrole nitrogens is 1. The lowest BCUT2D eigenvalue weighted by Crippen LogP contribution is -2.33. The van der Waals surface area contributed by atoms with Gasteiger partial charge < -0.3 is 20.5 Å². The Balaban J connectivity index is 1.40. The standard InChI is InChI=1S/C25H24F4N8O/c1-13-5-16(20-21-23(33-11-31-20)34-12-32-21)22(30-9-13)35-18-7-19(17(26)6-14(18)2)36-24(38)37-4-3-15(10-37)8-25(27,28)29/h5-7,9,11-12,15H,3-4,8,10H2,1-2H3,(H,30,35)(H,36,38)(H,31,32,33,34)/t15-/m0/s1. The number of urea groups is 1. The van der Waals surface area contributed by atoms with Crippen LogP contribution in [0.25, 0.3) is 22.4 Å². The predicted octanol–water partition coefficient (Wildman–Crippen LogP) is 5.72. The van der Waals surface area contributed by atoms with Gasteiger partial charge in [0.1, 0.15) is 29.2 Å². The molecule has 1 fully saturated rings. The molecule has 0 radical (unpaired) electrons. The summed E-state index contributed by atoms with van der Waals surface area (Å²) in [7, 11) is 0. The number of hydrogen-bond donors (Lipinski definition) is 3. The number of benzene rings is 1. The Bertz CT molecular complexity index is 1500. The summed E-state index contributed by atoms with van der Waals surface area (Å²) in [4.78, 5) is 34.2. The molecule has 9 nitrogen and oxygen atoms in total. The number of halogens is 4. The molecular weight excluding hydrogens is 504 g/mol. The Kier molecular flexibility index (Phi) is 6.59. The first kappa shape index (κ1) is 25.4. The molecule has 4 heterocycles. The molecular formula is C25H24F4N8O. The summed E-state index contributed by atoms with van der Waals surface area (Å²) in [5.74, 6) is -0.902. The number of alkyl halides is 3. The number of carbonyl (C=O) groups excluding carboxylic acids is 1. The van der Waals surface area contributed by atoms with Crippen molar-refractivity contribution in [3.8, 4) is 11.3 Å². The van der Waals surface area contributed by atoms with E-state index in [4.69, 9.17) is 0 Å². The maximum absolute atomic E-state index is 14.8. The highest BCUT2D eigenvalue weighted by atomic mass is 19.4. The van der Waals surface area contributed by atoms with Crippen molar-refractivity contribution < 1.29 is 22.4 Å². The summed E-state index contributed by atoms with van der Waals surface area (Å²) in [5, 5.41) is 5.71. The molecule has 0 spiro atoms. The summed E-state index contributed by atoms with van der Waals surface area (Å²) in [6, 6.07) is 3.94. The number of imidazole rings is 1. The highest BCUT2D eigenvalue weighted by molar-refractivity contribution is 5.93. The summed E-state index contributed by atoms with van der Waals surface area (Å²) in [6.45, 7) is 3.72. The van der Waals surface area contributed by atoms with Crippen LogP contribution in [0.5, 0.6) is 0 Å². The molecule has 1 atom stereocenters. The molecule has 1 aromatic carbocycles. The van der Waals surface area contributed by atoms with Gasteiger partial charge in [-0.1, -0.05) is 0 Å². The van der Waals surface area contributed by atoms with Crippen molar-refractivity contribution in [1.82, 2.24) is 29.8 Å². The van der Waals surface area contributed by atoms with Gasteiger partial charge in [-0.3, -0.25) is 0 Å². The minimum Gasteiger partial charge on any atom is -0.341 e. The second-order valence-electron chi connectivity index (χ2n) is 9.35. The number of nitrogens with zero attached hydrogens (tertiary/aromatic N) is 5. The molecule has 0 saturated carbocycles. The van der Waals surface area contributed by atoms with Crippen LogP contribution in [-0.2, 0) is 0 Å². The molecule has 13 heteroatoms. The van der Waals surface area contributed by atoms with Gasteiger partial charge in [-0.2, -0.15) is 13.2 Å². The van der Waals surface area contributed by atoms with Crippen LogP contribution in [0.1, 0.15) is 24.0 Å². The Hall–Kier alpha value is -4.29. The van der Waals surface area contributed by atoms with Crippen molar-refractivity contribution in [2.75, 3.05) is 23.7 Å². The van der Waals surface area contributed by atoms with Crippen molar-refractivity contribution >= 4 is 34.4 Å². The minimum atomic E-state index is -4.29. The van der Waals surface area contributed by atoms with E-state index in [9.17, 15) is 22.4 Å². The molecule has 1 aliphatic heterocycles. The topological polar surface area (TPSA) is 112 Å². The monoisotopic (exact) mass is 528 g/mol. The van der Waals surface area contributed by atoms with Gasteiger partial charge in [-0.05, 0) is 55.5 Å². The number of aromatic nitrogens is 5. The number of nitrogens with one attached hydrogen (secondary N) is 3. The van der Waals surface area contributed by atoms with Crippen LogP contribution >= 0.6 is 0 Å². The van der Waals surface area contributed by atoms with Crippen molar-refractivity contribution in [2.24, 2.45) is 5.92 Å². The van der Waals surface area contributed by atoms with Gasteiger partial charge in [0.05, 0.1) is 12.0 Å². The van der Waals surface area contributed by atoms with Gasteiger partial charge in [-0.15, -0.1) is 0 Å². The summed E-state index contributed by atoms with van der Waals surface area (Å²) in [5.41, 5.74) is 4.15. The summed E-state index contributed by atoms with van der Waals surface area (Å²) < 4.78 is 53.0. The van der Waals surface area contributed by atoms with Gasteiger partial charge in [-0.25, -0.2) is 29.1 Å². The second-order valence-corrected chi connectivity index (χ2v) is 9.35. The average Bonchev–Trinajstić information content (AvgIpc) is 3.51. The Morgan fingerprint density at radius 2 is 1.95 bits per heavy atom. The normalized spacial score (nSPS) is 15.7. The number of amides is 2. The highest BCUT2D eigenvalue weighted by Crippen LogP contribution is 2.34. The largest absolute Gasteiger partial charge is 0.389 e. The van der Waals surface area contributed by atoms with Crippen LogP contribution in [0.3, 0.4) is 0 Å². The van der Waals surface area contributed by atoms with E-state index in [2.05, 4.69) is 35.6 Å². The van der Waals surface area contributed by atoms with Crippen LogP contribution < -0.4 is 10.6 Å². The van der Waals surface area contributed by atoms with Crippen LogP contribution in [0.4, 0.5) is 39.5 Å². The van der Waals surface area contributed by atoms with E-state index in [-0.39, 0.29) is 25.2 Å². The fraction of sp³-hybridized carbons (Fsp3) is 0.320. The predicted molar refractivity (Wildman–Crippen MR) is 133 cm³/mol. The molecule has 0 unspecified atom stereocenters. The van der Waals surface area contributed by atoms with E-state index < -0.39 is 30.4 Å². The zero-order valence-electron chi connectivity index (χ0n) is 20.5. The maximum atomic E-state index is 14.8. The van der Waals surface area contributed by atoms with Crippen LogP contribution in [0, 0.1) is 25.6 Å². The molecule has 1 aliphatic rings. The number of aromatic amines is 1. The number of carbonyl (C=O) groups is 1. The molecule has 198 valence electrons.